The minimum absolute atomic E-state index is 0.0800. The standard InChI is InChI=1S/C24H31N5O3S/c1-27(2)33(31,32)20-11-12-22-21(17-20)26-23(28(22)3)13-14-24(30)25-18-7-9-19(10-8-18)29-15-5-4-6-16-29/h7-12,17H,4-6,13-16H2,1-3H3,(H,25,30). The summed E-state index contributed by atoms with van der Waals surface area (Å²) in [5.74, 6) is 0.656. The molecule has 2 aromatic carbocycles. The van der Waals surface area contributed by atoms with Crippen LogP contribution in [0.2, 0.25) is 0 Å². The number of nitrogens with one attached hydrogen (secondary N) is 1. The van der Waals surface area contributed by atoms with Crippen LogP contribution in [-0.2, 0) is 28.3 Å². The molecule has 4 rings (SSSR count). The van der Waals surface area contributed by atoms with Gasteiger partial charge in [-0.05, 0) is 61.7 Å². The van der Waals surface area contributed by atoms with Crippen LogP contribution >= 0.6 is 0 Å². The van der Waals surface area contributed by atoms with Gasteiger partial charge in [-0.1, -0.05) is 0 Å². The molecule has 0 radical (unpaired) electrons. The Hall–Kier alpha value is -2.91. The van der Waals surface area contributed by atoms with Crippen molar-refractivity contribution in [3.63, 3.8) is 0 Å². The third-order valence-electron chi connectivity index (χ3n) is 6.17. The van der Waals surface area contributed by atoms with Gasteiger partial charge in [-0.2, -0.15) is 0 Å². The summed E-state index contributed by atoms with van der Waals surface area (Å²) in [5.41, 5.74) is 3.41. The lowest BCUT2D eigenvalue weighted by Crippen LogP contribution is -2.29. The quantitative estimate of drug-likeness (QED) is 0.573. The zero-order valence-corrected chi connectivity index (χ0v) is 20.2. The summed E-state index contributed by atoms with van der Waals surface area (Å²) in [4.78, 5) is 19.7. The number of anilines is 2. The van der Waals surface area contributed by atoms with Crippen molar-refractivity contribution < 1.29 is 13.2 Å². The van der Waals surface area contributed by atoms with Crippen LogP contribution in [0, 0.1) is 0 Å². The molecule has 1 fully saturated rings. The largest absolute Gasteiger partial charge is 0.372 e. The fourth-order valence-corrected chi connectivity index (χ4v) is 5.10. The van der Waals surface area contributed by atoms with Crippen LogP contribution in [0.5, 0.6) is 0 Å². The second-order valence-electron chi connectivity index (χ2n) is 8.67. The summed E-state index contributed by atoms with van der Waals surface area (Å²) >= 11 is 0. The SMILES string of the molecule is CN(C)S(=O)(=O)c1ccc2c(c1)nc(CCC(=O)Nc1ccc(N3CCCCC3)cc1)n2C. The highest BCUT2D eigenvalue weighted by Gasteiger charge is 2.19. The number of hydrogen-bond acceptors (Lipinski definition) is 5. The summed E-state index contributed by atoms with van der Waals surface area (Å²) < 4.78 is 27.9. The number of aryl methyl sites for hydroxylation is 2. The molecule has 1 aliphatic rings. The van der Waals surface area contributed by atoms with Crippen LogP contribution in [0.1, 0.15) is 31.5 Å². The van der Waals surface area contributed by atoms with Gasteiger partial charge < -0.3 is 14.8 Å². The Morgan fingerprint density at radius 3 is 2.42 bits per heavy atom. The van der Waals surface area contributed by atoms with Crippen molar-refractivity contribution in [3.8, 4) is 0 Å². The molecule has 2 heterocycles. The monoisotopic (exact) mass is 469 g/mol. The molecule has 1 saturated heterocycles. The summed E-state index contributed by atoms with van der Waals surface area (Å²) in [6, 6.07) is 12.9. The van der Waals surface area contributed by atoms with Gasteiger partial charge in [0, 0.05) is 58.4 Å². The van der Waals surface area contributed by atoms with Gasteiger partial charge in [0.1, 0.15) is 5.82 Å². The maximum Gasteiger partial charge on any atom is 0.242 e. The maximum atomic E-state index is 12.5. The first-order valence-corrected chi connectivity index (χ1v) is 12.7. The molecule has 33 heavy (non-hydrogen) atoms. The van der Waals surface area contributed by atoms with E-state index in [1.165, 1.54) is 43.4 Å². The van der Waals surface area contributed by atoms with Crippen molar-refractivity contribution in [3.05, 3.63) is 48.3 Å². The van der Waals surface area contributed by atoms with E-state index in [1.807, 2.05) is 23.7 Å². The zero-order valence-electron chi connectivity index (χ0n) is 19.4. The van der Waals surface area contributed by atoms with Crippen LogP contribution < -0.4 is 10.2 Å². The van der Waals surface area contributed by atoms with Gasteiger partial charge >= 0.3 is 0 Å². The minimum atomic E-state index is -3.53. The van der Waals surface area contributed by atoms with E-state index in [2.05, 4.69) is 27.3 Å². The van der Waals surface area contributed by atoms with E-state index in [-0.39, 0.29) is 17.2 Å². The first-order chi connectivity index (χ1) is 15.8. The van der Waals surface area contributed by atoms with E-state index in [1.54, 1.807) is 18.2 Å². The predicted molar refractivity (Wildman–Crippen MR) is 131 cm³/mol. The second kappa shape index (κ2) is 9.52. The second-order valence-corrected chi connectivity index (χ2v) is 10.8. The first-order valence-electron chi connectivity index (χ1n) is 11.3. The van der Waals surface area contributed by atoms with Crippen molar-refractivity contribution in [2.24, 2.45) is 7.05 Å². The van der Waals surface area contributed by atoms with E-state index in [0.717, 1.165) is 30.1 Å². The predicted octanol–water partition coefficient (Wildman–Crippen LogP) is 3.39. The number of sulfonamides is 1. The highest BCUT2D eigenvalue weighted by atomic mass is 32.2. The molecular weight excluding hydrogens is 438 g/mol. The molecule has 0 unspecified atom stereocenters. The van der Waals surface area contributed by atoms with Crippen LogP contribution in [-0.4, -0.2) is 55.4 Å². The van der Waals surface area contributed by atoms with E-state index in [9.17, 15) is 13.2 Å². The molecular formula is C24H31N5O3S. The van der Waals surface area contributed by atoms with Gasteiger partial charge in [0.05, 0.1) is 15.9 Å². The molecule has 9 heteroatoms. The molecule has 0 atom stereocenters. The summed E-state index contributed by atoms with van der Waals surface area (Å²) in [5, 5.41) is 2.96. The fourth-order valence-electron chi connectivity index (χ4n) is 4.18. The molecule has 176 valence electrons. The lowest BCUT2D eigenvalue weighted by Gasteiger charge is -2.28. The Kier molecular flexibility index (Phi) is 6.71. The average Bonchev–Trinajstić information content (AvgIpc) is 3.13. The van der Waals surface area contributed by atoms with Crippen LogP contribution in [0.4, 0.5) is 11.4 Å². The van der Waals surface area contributed by atoms with Gasteiger partial charge in [-0.3, -0.25) is 4.79 Å². The Morgan fingerprint density at radius 2 is 1.76 bits per heavy atom. The van der Waals surface area contributed by atoms with Crippen LogP contribution in [0.15, 0.2) is 47.4 Å². The van der Waals surface area contributed by atoms with Crippen molar-refractivity contribution >= 4 is 38.3 Å². The number of benzene rings is 2. The number of aromatic nitrogens is 2. The number of piperidine rings is 1. The molecule has 8 nitrogen and oxygen atoms in total. The Balaban J connectivity index is 1.39. The van der Waals surface area contributed by atoms with Crippen LogP contribution in [0.3, 0.4) is 0 Å². The molecule has 0 spiro atoms. The maximum absolute atomic E-state index is 12.5. The van der Waals surface area contributed by atoms with E-state index in [0.29, 0.717) is 11.9 Å². The molecule has 0 aliphatic carbocycles. The molecule has 1 amide bonds. The molecule has 1 N–H and O–H groups in total. The molecule has 0 bridgehead atoms. The zero-order chi connectivity index (χ0) is 23.6. The topological polar surface area (TPSA) is 87.5 Å². The van der Waals surface area contributed by atoms with E-state index >= 15 is 0 Å². The number of amides is 1. The average molecular weight is 470 g/mol. The minimum Gasteiger partial charge on any atom is -0.372 e. The lowest BCUT2D eigenvalue weighted by molar-refractivity contribution is -0.116. The van der Waals surface area contributed by atoms with Gasteiger partial charge in [0.25, 0.3) is 0 Å². The molecule has 3 aromatic rings. The third-order valence-corrected chi connectivity index (χ3v) is 7.98. The Morgan fingerprint density at radius 1 is 1.06 bits per heavy atom. The summed E-state index contributed by atoms with van der Waals surface area (Å²) in [6.45, 7) is 2.18. The number of rotatable bonds is 7. The van der Waals surface area contributed by atoms with Crippen molar-refractivity contribution in [2.75, 3.05) is 37.4 Å². The van der Waals surface area contributed by atoms with Gasteiger partial charge in [0.2, 0.25) is 15.9 Å². The molecule has 1 aromatic heterocycles. The Labute approximate surface area is 195 Å². The van der Waals surface area contributed by atoms with Crippen LogP contribution in [0.25, 0.3) is 11.0 Å². The van der Waals surface area contributed by atoms with Crippen molar-refractivity contribution in [1.29, 1.82) is 0 Å². The number of carbonyl (C=O) groups excluding carboxylic acids is 1. The molecule has 0 saturated carbocycles. The highest BCUT2D eigenvalue weighted by Crippen LogP contribution is 2.23. The number of imidazole rings is 1. The van der Waals surface area contributed by atoms with Crippen molar-refractivity contribution in [1.82, 2.24) is 13.9 Å². The summed E-state index contributed by atoms with van der Waals surface area (Å²) in [7, 11) is 1.36. The molecule has 1 aliphatic heterocycles. The van der Waals surface area contributed by atoms with Crippen molar-refractivity contribution in [2.45, 2.75) is 37.0 Å². The number of fused-ring (bicyclic) bond motifs is 1. The lowest BCUT2D eigenvalue weighted by atomic mass is 10.1. The summed E-state index contributed by atoms with van der Waals surface area (Å²) in [6.07, 6.45) is 4.50. The number of carbonyl (C=O) groups is 1. The number of nitrogens with zero attached hydrogens (tertiary/aromatic N) is 4. The Bertz CT molecular complexity index is 1240. The van der Waals surface area contributed by atoms with Gasteiger partial charge in [0.15, 0.2) is 0 Å². The highest BCUT2D eigenvalue weighted by molar-refractivity contribution is 7.89. The third kappa shape index (κ3) is 5.04. The smallest absolute Gasteiger partial charge is 0.242 e. The number of hydrogen-bond donors (Lipinski definition) is 1. The first kappa shape index (κ1) is 23.3. The van der Waals surface area contributed by atoms with E-state index in [4.69, 9.17) is 0 Å². The normalized spacial score (nSPS) is 14.7. The van der Waals surface area contributed by atoms with Gasteiger partial charge in [-0.15, -0.1) is 0 Å². The van der Waals surface area contributed by atoms with E-state index < -0.39 is 10.0 Å². The fraction of sp³-hybridized carbons (Fsp3) is 0.417. The van der Waals surface area contributed by atoms with Gasteiger partial charge in [-0.25, -0.2) is 17.7 Å².